The molecule has 0 fully saturated rings. The normalized spacial score (nSPS) is 10.5. The van der Waals surface area contributed by atoms with Crippen LogP contribution in [-0.2, 0) is 16.0 Å². The van der Waals surface area contributed by atoms with Gasteiger partial charge >= 0.3 is 0 Å². The molecular formula is C20H21N3O3S2. The standard InChI is InChI=1S/C20H21N3O3S2/c1-3-23(12-18(24)21-14-6-8-16(26-2)9-7-14)19(25)11-15-13-28-20(22-15)17-5-4-10-27-17/h4-10,13H,3,11-12H2,1-2H3,(H,21,24). The molecule has 0 atom stereocenters. The third kappa shape index (κ3) is 5.17. The summed E-state index contributed by atoms with van der Waals surface area (Å²) in [5.74, 6) is 0.363. The van der Waals surface area contributed by atoms with E-state index in [4.69, 9.17) is 4.74 Å². The highest BCUT2D eigenvalue weighted by Crippen LogP contribution is 2.28. The highest BCUT2D eigenvalue weighted by atomic mass is 32.1. The predicted molar refractivity (Wildman–Crippen MR) is 113 cm³/mol. The first-order valence-electron chi connectivity index (χ1n) is 8.79. The third-order valence-corrected chi connectivity index (χ3v) is 5.99. The van der Waals surface area contributed by atoms with Gasteiger partial charge in [0.05, 0.1) is 30.6 Å². The molecule has 0 aliphatic carbocycles. The number of nitrogens with zero attached hydrogens (tertiary/aromatic N) is 2. The molecule has 1 aromatic carbocycles. The number of hydrogen-bond acceptors (Lipinski definition) is 6. The van der Waals surface area contributed by atoms with Gasteiger partial charge in [-0.3, -0.25) is 9.59 Å². The minimum Gasteiger partial charge on any atom is -0.497 e. The molecule has 2 aromatic heterocycles. The molecular weight excluding hydrogens is 394 g/mol. The first kappa shape index (κ1) is 20.0. The molecule has 28 heavy (non-hydrogen) atoms. The van der Waals surface area contributed by atoms with E-state index in [0.717, 1.165) is 15.6 Å². The molecule has 6 nitrogen and oxygen atoms in total. The number of hydrogen-bond donors (Lipinski definition) is 1. The summed E-state index contributed by atoms with van der Waals surface area (Å²) in [6.07, 6.45) is 0.186. The zero-order valence-corrected chi connectivity index (χ0v) is 17.3. The number of benzene rings is 1. The van der Waals surface area contributed by atoms with Gasteiger partial charge in [0.15, 0.2) is 0 Å². The van der Waals surface area contributed by atoms with E-state index in [0.29, 0.717) is 18.0 Å². The van der Waals surface area contributed by atoms with Crippen LogP contribution < -0.4 is 10.1 Å². The summed E-state index contributed by atoms with van der Waals surface area (Å²) in [6.45, 7) is 2.32. The van der Waals surface area contributed by atoms with E-state index >= 15 is 0 Å². The van der Waals surface area contributed by atoms with Crippen LogP contribution in [0.5, 0.6) is 5.75 Å². The highest BCUT2D eigenvalue weighted by Gasteiger charge is 2.18. The van der Waals surface area contributed by atoms with Crippen molar-refractivity contribution in [3.05, 3.63) is 52.9 Å². The summed E-state index contributed by atoms with van der Waals surface area (Å²) < 4.78 is 5.10. The number of amides is 2. The molecule has 0 radical (unpaired) electrons. The van der Waals surface area contributed by atoms with Crippen LogP contribution in [0.1, 0.15) is 12.6 Å². The average Bonchev–Trinajstić information content (AvgIpc) is 3.38. The van der Waals surface area contributed by atoms with E-state index in [-0.39, 0.29) is 24.8 Å². The molecule has 0 aliphatic rings. The van der Waals surface area contributed by atoms with Gasteiger partial charge in [0.25, 0.3) is 0 Å². The Morgan fingerprint density at radius 3 is 2.61 bits per heavy atom. The van der Waals surface area contributed by atoms with Gasteiger partial charge in [0, 0.05) is 17.6 Å². The summed E-state index contributed by atoms with van der Waals surface area (Å²) in [5, 5.41) is 7.62. The van der Waals surface area contributed by atoms with Gasteiger partial charge in [-0.25, -0.2) is 4.98 Å². The molecule has 0 saturated carbocycles. The Labute approximate surface area is 171 Å². The van der Waals surface area contributed by atoms with Gasteiger partial charge in [-0.2, -0.15) is 0 Å². The lowest BCUT2D eigenvalue weighted by molar-refractivity contribution is -0.133. The molecule has 0 aliphatic heterocycles. The van der Waals surface area contributed by atoms with Crippen molar-refractivity contribution >= 4 is 40.2 Å². The minimum atomic E-state index is -0.238. The number of carbonyl (C=O) groups is 2. The lowest BCUT2D eigenvalue weighted by Crippen LogP contribution is -2.38. The van der Waals surface area contributed by atoms with E-state index in [9.17, 15) is 9.59 Å². The molecule has 3 aromatic rings. The predicted octanol–water partition coefficient (Wildman–Crippen LogP) is 3.91. The Bertz CT molecular complexity index is 921. The molecule has 0 spiro atoms. The fourth-order valence-corrected chi connectivity index (χ4v) is 4.23. The molecule has 0 unspecified atom stereocenters. The number of methoxy groups -OCH3 is 1. The maximum absolute atomic E-state index is 12.6. The first-order chi connectivity index (χ1) is 13.6. The summed E-state index contributed by atoms with van der Waals surface area (Å²) in [4.78, 5) is 32.1. The number of nitrogens with one attached hydrogen (secondary N) is 1. The number of aromatic nitrogens is 1. The van der Waals surface area contributed by atoms with Gasteiger partial charge in [-0.1, -0.05) is 6.07 Å². The Kier molecular flexibility index (Phi) is 6.78. The fourth-order valence-electron chi connectivity index (χ4n) is 2.59. The third-order valence-electron chi connectivity index (χ3n) is 4.06. The zero-order chi connectivity index (χ0) is 19.9. The van der Waals surface area contributed by atoms with Crippen LogP contribution in [0.4, 0.5) is 5.69 Å². The van der Waals surface area contributed by atoms with Crippen LogP contribution in [0.3, 0.4) is 0 Å². The summed E-state index contributed by atoms with van der Waals surface area (Å²) in [6, 6.07) is 11.0. The molecule has 2 amide bonds. The quantitative estimate of drug-likeness (QED) is 0.605. The van der Waals surface area contributed by atoms with Crippen molar-refractivity contribution in [2.24, 2.45) is 0 Å². The lowest BCUT2D eigenvalue weighted by Gasteiger charge is -2.20. The number of thiazole rings is 1. The fraction of sp³-hybridized carbons (Fsp3) is 0.250. The van der Waals surface area contributed by atoms with Gasteiger partial charge in [0.1, 0.15) is 10.8 Å². The van der Waals surface area contributed by atoms with Crippen molar-refractivity contribution in [1.82, 2.24) is 9.88 Å². The van der Waals surface area contributed by atoms with Crippen molar-refractivity contribution in [1.29, 1.82) is 0 Å². The van der Waals surface area contributed by atoms with Crippen molar-refractivity contribution in [3.8, 4) is 15.6 Å². The van der Waals surface area contributed by atoms with E-state index in [1.165, 1.54) is 16.2 Å². The van der Waals surface area contributed by atoms with Crippen LogP contribution >= 0.6 is 22.7 Å². The van der Waals surface area contributed by atoms with Crippen LogP contribution in [0.2, 0.25) is 0 Å². The first-order valence-corrected chi connectivity index (χ1v) is 10.5. The van der Waals surface area contributed by atoms with Crippen LogP contribution in [0, 0.1) is 0 Å². The summed E-state index contributed by atoms with van der Waals surface area (Å²) in [5.41, 5.74) is 1.39. The molecule has 0 bridgehead atoms. The molecule has 0 saturated heterocycles. The van der Waals surface area contributed by atoms with Crippen LogP contribution in [0.15, 0.2) is 47.2 Å². The Balaban J connectivity index is 1.56. The largest absolute Gasteiger partial charge is 0.497 e. The highest BCUT2D eigenvalue weighted by molar-refractivity contribution is 7.20. The van der Waals surface area contributed by atoms with E-state index < -0.39 is 0 Å². The van der Waals surface area contributed by atoms with Gasteiger partial charge in [-0.15, -0.1) is 22.7 Å². The second-order valence-electron chi connectivity index (χ2n) is 5.98. The van der Waals surface area contributed by atoms with E-state index in [1.807, 2.05) is 29.8 Å². The number of rotatable bonds is 8. The molecule has 146 valence electrons. The molecule has 8 heteroatoms. The monoisotopic (exact) mass is 415 g/mol. The molecule has 1 N–H and O–H groups in total. The molecule has 3 rings (SSSR count). The summed E-state index contributed by atoms with van der Waals surface area (Å²) in [7, 11) is 1.59. The Morgan fingerprint density at radius 2 is 1.96 bits per heavy atom. The smallest absolute Gasteiger partial charge is 0.243 e. The number of carbonyl (C=O) groups excluding carboxylic acids is 2. The second-order valence-corrected chi connectivity index (χ2v) is 7.79. The average molecular weight is 416 g/mol. The minimum absolute atomic E-state index is 0.00326. The lowest BCUT2D eigenvalue weighted by atomic mass is 10.2. The molecule has 2 heterocycles. The number of likely N-dealkylation sites (N-methyl/N-ethyl adjacent to an activating group) is 1. The maximum Gasteiger partial charge on any atom is 0.243 e. The maximum atomic E-state index is 12.6. The number of anilines is 1. The number of ether oxygens (including phenoxy) is 1. The summed E-state index contributed by atoms with van der Waals surface area (Å²) >= 11 is 3.15. The topological polar surface area (TPSA) is 71.5 Å². The zero-order valence-electron chi connectivity index (χ0n) is 15.7. The Hall–Kier alpha value is -2.71. The van der Waals surface area contributed by atoms with Crippen molar-refractivity contribution in [3.63, 3.8) is 0 Å². The Morgan fingerprint density at radius 1 is 1.18 bits per heavy atom. The van der Waals surface area contributed by atoms with E-state index in [1.54, 1.807) is 42.7 Å². The van der Waals surface area contributed by atoms with Crippen LogP contribution in [-0.4, -0.2) is 41.9 Å². The second kappa shape index (κ2) is 9.48. The van der Waals surface area contributed by atoms with Crippen molar-refractivity contribution in [2.45, 2.75) is 13.3 Å². The number of thiophene rings is 1. The van der Waals surface area contributed by atoms with Crippen molar-refractivity contribution in [2.75, 3.05) is 25.5 Å². The van der Waals surface area contributed by atoms with Crippen LogP contribution in [0.25, 0.3) is 9.88 Å². The SMILES string of the molecule is CCN(CC(=O)Nc1ccc(OC)cc1)C(=O)Cc1csc(-c2cccs2)n1. The van der Waals surface area contributed by atoms with Gasteiger partial charge in [-0.05, 0) is 42.6 Å². The van der Waals surface area contributed by atoms with Crippen molar-refractivity contribution < 1.29 is 14.3 Å². The van der Waals surface area contributed by atoms with Gasteiger partial charge in [0.2, 0.25) is 11.8 Å². The van der Waals surface area contributed by atoms with E-state index in [2.05, 4.69) is 10.3 Å². The van der Waals surface area contributed by atoms with Gasteiger partial charge < -0.3 is 15.0 Å².